The van der Waals surface area contributed by atoms with Gasteiger partial charge in [0, 0.05) is 0 Å². The van der Waals surface area contributed by atoms with Crippen molar-refractivity contribution in [2.75, 3.05) is 0 Å². The molecule has 0 aromatic carbocycles. The van der Waals surface area contributed by atoms with Crippen LogP contribution >= 0.6 is 0 Å². The second-order valence-corrected chi connectivity index (χ2v) is 2.66. The molecule has 1 aliphatic carbocycles. The Morgan fingerprint density at radius 2 is 2.40 bits per heavy atom. The number of hydrogen-bond donors (Lipinski definition) is 1. The molecule has 2 heteroatoms. The van der Waals surface area contributed by atoms with Gasteiger partial charge in [-0.3, -0.25) is 0 Å². The fourth-order valence-corrected chi connectivity index (χ4v) is 1.23. The maximum atomic E-state index is 8.43. The quantitative estimate of drug-likeness (QED) is 0.337. The van der Waals surface area contributed by atoms with Crippen molar-refractivity contribution < 1.29 is 5.21 Å². The highest BCUT2D eigenvalue weighted by molar-refractivity contribution is 5.97. The van der Waals surface area contributed by atoms with E-state index in [0.29, 0.717) is 0 Å². The molecule has 1 N–H and O–H groups in total. The third-order valence-electron chi connectivity index (χ3n) is 1.91. The summed E-state index contributed by atoms with van der Waals surface area (Å²) in [4.78, 5) is 0. The maximum absolute atomic E-state index is 8.43. The van der Waals surface area contributed by atoms with Gasteiger partial charge in [-0.05, 0) is 38.2 Å². The Labute approximate surface area is 61.2 Å². The molecule has 1 aliphatic rings. The predicted molar refractivity (Wildman–Crippen MR) is 41.4 cm³/mol. The second-order valence-electron chi connectivity index (χ2n) is 2.66. The lowest BCUT2D eigenvalue weighted by atomic mass is 9.97. The van der Waals surface area contributed by atoms with E-state index in [-0.39, 0.29) is 0 Å². The molecule has 0 bridgehead atoms. The van der Waals surface area contributed by atoms with E-state index < -0.39 is 0 Å². The Kier molecular flexibility index (Phi) is 2.49. The Hall–Kier alpha value is -0.790. The molecular formula is C8H13NO. The van der Waals surface area contributed by atoms with E-state index in [0.717, 1.165) is 18.6 Å². The normalized spacial score (nSPS) is 20.5. The molecule has 1 rings (SSSR count). The average Bonchev–Trinajstić information content (AvgIpc) is 2.05. The molecule has 0 amide bonds. The number of nitrogens with zero attached hydrogens (tertiary/aromatic N) is 1. The minimum atomic E-state index is 0.778. The highest BCUT2D eigenvalue weighted by atomic mass is 16.4. The van der Waals surface area contributed by atoms with Crippen molar-refractivity contribution in [2.45, 2.75) is 32.6 Å². The summed E-state index contributed by atoms with van der Waals surface area (Å²) in [5.74, 6) is 0. The summed E-state index contributed by atoms with van der Waals surface area (Å²) in [6.45, 7) is 1.84. The van der Waals surface area contributed by atoms with Gasteiger partial charge in [0.05, 0.1) is 5.71 Å². The zero-order valence-electron chi connectivity index (χ0n) is 6.30. The van der Waals surface area contributed by atoms with Crippen LogP contribution in [-0.2, 0) is 0 Å². The molecular weight excluding hydrogens is 126 g/mol. The van der Waals surface area contributed by atoms with Crippen LogP contribution in [0, 0.1) is 0 Å². The van der Waals surface area contributed by atoms with E-state index in [1.807, 2.05) is 6.92 Å². The first-order valence-corrected chi connectivity index (χ1v) is 3.72. The van der Waals surface area contributed by atoms with Crippen LogP contribution in [0.15, 0.2) is 16.8 Å². The smallest absolute Gasteiger partial charge is 0.0793 e. The molecule has 10 heavy (non-hydrogen) atoms. The van der Waals surface area contributed by atoms with Crippen LogP contribution in [0.25, 0.3) is 0 Å². The van der Waals surface area contributed by atoms with E-state index in [4.69, 9.17) is 5.21 Å². The van der Waals surface area contributed by atoms with Gasteiger partial charge in [0.1, 0.15) is 0 Å². The third kappa shape index (κ3) is 1.59. The van der Waals surface area contributed by atoms with Gasteiger partial charge in [0.2, 0.25) is 0 Å². The highest BCUT2D eigenvalue weighted by Gasteiger charge is 2.05. The van der Waals surface area contributed by atoms with Crippen molar-refractivity contribution in [3.63, 3.8) is 0 Å². The monoisotopic (exact) mass is 139 g/mol. The third-order valence-corrected chi connectivity index (χ3v) is 1.91. The molecule has 0 saturated carbocycles. The van der Waals surface area contributed by atoms with Gasteiger partial charge in [-0.25, -0.2) is 0 Å². The topological polar surface area (TPSA) is 32.6 Å². The van der Waals surface area contributed by atoms with Gasteiger partial charge in [0.25, 0.3) is 0 Å². The van der Waals surface area contributed by atoms with Crippen molar-refractivity contribution >= 4 is 5.71 Å². The fourth-order valence-electron chi connectivity index (χ4n) is 1.23. The van der Waals surface area contributed by atoms with Crippen molar-refractivity contribution in [3.8, 4) is 0 Å². The van der Waals surface area contributed by atoms with Crippen LogP contribution in [0.5, 0.6) is 0 Å². The molecule has 56 valence electrons. The maximum Gasteiger partial charge on any atom is 0.0793 e. The molecule has 0 unspecified atom stereocenters. The number of rotatable bonds is 1. The zero-order valence-corrected chi connectivity index (χ0v) is 6.30. The van der Waals surface area contributed by atoms with Crippen molar-refractivity contribution in [2.24, 2.45) is 5.16 Å². The molecule has 0 radical (unpaired) electrons. The van der Waals surface area contributed by atoms with Crippen molar-refractivity contribution in [3.05, 3.63) is 11.6 Å². The zero-order chi connectivity index (χ0) is 7.40. The van der Waals surface area contributed by atoms with Crippen molar-refractivity contribution in [1.82, 2.24) is 0 Å². The van der Waals surface area contributed by atoms with E-state index in [9.17, 15) is 0 Å². The van der Waals surface area contributed by atoms with Gasteiger partial charge in [-0.15, -0.1) is 0 Å². The van der Waals surface area contributed by atoms with Gasteiger partial charge in [0.15, 0.2) is 0 Å². The van der Waals surface area contributed by atoms with Gasteiger partial charge < -0.3 is 5.21 Å². The Morgan fingerprint density at radius 1 is 1.60 bits per heavy atom. The van der Waals surface area contributed by atoms with Gasteiger partial charge >= 0.3 is 0 Å². The lowest BCUT2D eigenvalue weighted by Crippen LogP contribution is -2.01. The van der Waals surface area contributed by atoms with Crippen LogP contribution in [0.1, 0.15) is 32.6 Å². The summed E-state index contributed by atoms with van der Waals surface area (Å²) < 4.78 is 0. The lowest BCUT2D eigenvalue weighted by molar-refractivity contribution is 0.318. The first kappa shape index (κ1) is 7.32. The van der Waals surface area contributed by atoms with Crippen LogP contribution < -0.4 is 0 Å². The van der Waals surface area contributed by atoms with Gasteiger partial charge in [-0.1, -0.05) is 11.2 Å². The Bertz CT molecular complexity index is 170. The molecule has 0 saturated heterocycles. The van der Waals surface area contributed by atoms with E-state index >= 15 is 0 Å². The predicted octanol–water partition coefficient (Wildman–Crippen LogP) is 2.34. The number of hydrogen-bond acceptors (Lipinski definition) is 2. The summed E-state index contributed by atoms with van der Waals surface area (Å²) in [6.07, 6.45) is 6.90. The molecule has 0 aliphatic heterocycles. The van der Waals surface area contributed by atoms with Crippen LogP contribution in [0.3, 0.4) is 0 Å². The Balaban J connectivity index is 2.62. The highest BCUT2D eigenvalue weighted by Crippen LogP contribution is 2.18. The van der Waals surface area contributed by atoms with E-state index in [1.165, 1.54) is 18.4 Å². The lowest BCUT2D eigenvalue weighted by Gasteiger charge is -2.10. The number of oxime groups is 1. The minimum absolute atomic E-state index is 0.778. The summed E-state index contributed by atoms with van der Waals surface area (Å²) >= 11 is 0. The Morgan fingerprint density at radius 3 is 2.90 bits per heavy atom. The summed E-state index contributed by atoms with van der Waals surface area (Å²) in [5.41, 5.74) is 1.99. The van der Waals surface area contributed by atoms with E-state index in [2.05, 4.69) is 11.2 Å². The molecule has 0 aromatic heterocycles. The van der Waals surface area contributed by atoms with Crippen LogP contribution in [-0.4, -0.2) is 10.9 Å². The molecule has 0 fully saturated rings. The largest absolute Gasteiger partial charge is 0.411 e. The van der Waals surface area contributed by atoms with Crippen molar-refractivity contribution in [1.29, 1.82) is 0 Å². The first-order valence-electron chi connectivity index (χ1n) is 3.72. The average molecular weight is 139 g/mol. The molecule has 2 nitrogen and oxygen atoms in total. The molecule has 0 aromatic rings. The molecule has 0 heterocycles. The van der Waals surface area contributed by atoms with Crippen LogP contribution in [0.2, 0.25) is 0 Å². The second kappa shape index (κ2) is 3.40. The fraction of sp³-hybridized carbons (Fsp3) is 0.625. The summed E-state index contributed by atoms with van der Waals surface area (Å²) in [5, 5.41) is 11.6. The SMILES string of the molecule is CC(=NO)C1=CCCCC1. The molecule has 0 atom stereocenters. The standard InChI is InChI=1S/C8H13NO/c1-7(9-10)8-5-3-2-4-6-8/h5,10H,2-4,6H2,1H3. The minimum Gasteiger partial charge on any atom is -0.411 e. The summed E-state index contributed by atoms with van der Waals surface area (Å²) in [6, 6.07) is 0. The summed E-state index contributed by atoms with van der Waals surface area (Å²) in [7, 11) is 0. The molecule has 0 spiro atoms. The van der Waals surface area contributed by atoms with Gasteiger partial charge in [-0.2, -0.15) is 0 Å². The van der Waals surface area contributed by atoms with E-state index in [1.54, 1.807) is 0 Å². The first-order chi connectivity index (χ1) is 4.84. The van der Waals surface area contributed by atoms with Crippen LogP contribution in [0.4, 0.5) is 0 Å². The number of allylic oxidation sites excluding steroid dienone is 2.